The number of nitrogens with zero attached hydrogens (tertiary/aromatic N) is 7. The summed E-state index contributed by atoms with van der Waals surface area (Å²) in [5.41, 5.74) is 0.503. The zero-order chi connectivity index (χ0) is 21.4. The SMILES string of the molecule is Cc1nccn1-c1cc(N2CCN(S(=O)(=O)c3cccc4cccnc34)CC2)ncn1. The predicted molar refractivity (Wildman–Crippen MR) is 117 cm³/mol. The fourth-order valence-electron chi connectivity index (χ4n) is 3.84. The van der Waals surface area contributed by atoms with E-state index in [4.69, 9.17) is 0 Å². The fraction of sp³-hybridized carbons (Fsp3) is 0.238. The molecule has 0 N–H and O–H groups in total. The standard InChI is InChI=1S/C21H21N7O2S/c1-16-22-8-9-28(16)20-14-19(24-15-25-20)26-10-12-27(13-11-26)31(29,30)18-6-2-4-17-5-3-7-23-21(17)18/h2-9,14-15H,10-13H2,1H3. The molecule has 4 heterocycles. The topological polar surface area (TPSA) is 97.1 Å². The fourth-order valence-corrected chi connectivity index (χ4v) is 5.43. The number of hydrogen-bond donors (Lipinski definition) is 0. The number of benzene rings is 1. The molecule has 0 aliphatic carbocycles. The monoisotopic (exact) mass is 435 g/mol. The van der Waals surface area contributed by atoms with Crippen LogP contribution in [0.3, 0.4) is 0 Å². The number of imidazole rings is 1. The van der Waals surface area contributed by atoms with Gasteiger partial charge in [-0.2, -0.15) is 4.31 Å². The Labute approximate surface area is 180 Å². The van der Waals surface area contributed by atoms with E-state index in [1.165, 1.54) is 10.6 Å². The molecule has 1 aliphatic rings. The van der Waals surface area contributed by atoms with Gasteiger partial charge >= 0.3 is 0 Å². The number of aromatic nitrogens is 5. The van der Waals surface area contributed by atoms with Crippen molar-refractivity contribution in [1.82, 2.24) is 28.8 Å². The molecule has 0 amide bonds. The molecule has 0 radical (unpaired) electrons. The molecule has 0 saturated carbocycles. The van der Waals surface area contributed by atoms with E-state index in [1.807, 2.05) is 35.9 Å². The molecule has 1 aliphatic heterocycles. The van der Waals surface area contributed by atoms with Gasteiger partial charge in [0.05, 0.1) is 5.52 Å². The minimum atomic E-state index is -3.64. The summed E-state index contributed by atoms with van der Waals surface area (Å²) in [7, 11) is -3.64. The predicted octanol–water partition coefficient (Wildman–Crippen LogP) is 2.03. The van der Waals surface area contributed by atoms with Crippen LogP contribution in [0, 0.1) is 6.92 Å². The third-order valence-corrected chi connectivity index (χ3v) is 7.42. The van der Waals surface area contributed by atoms with Crippen LogP contribution in [0.1, 0.15) is 5.82 Å². The van der Waals surface area contributed by atoms with Gasteiger partial charge in [-0.05, 0) is 19.1 Å². The Morgan fingerprint density at radius 3 is 2.42 bits per heavy atom. The van der Waals surface area contributed by atoms with Crippen molar-refractivity contribution >= 4 is 26.7 Å². The summed E-state index contributed by atoms with van der Waals surface area (Å²) in [6.45, 7) is 3.73. The highest BCUT2D eigenvalue weighted by Gasteiger charge is 2.30. The van der Waals surface area contributed by atoms with E-state index in [1.54, 1.807) is 30.6 Å². The Morgan fingerprint density at radius 2 is 1.65 bits per heavy atom. The highest BCUT2D eigenvalue weighted by atomic mass is 32.2. The van der Waals surface area contributed by atoms with Gasteiger partial charge in [-0.3, -0.25) is 9.55 Å². The Hall–Kier alpha value is -3.37. The van der Waals surface area contributed by atoms with Crippen LogP contribution in [-0.2, 0) is 10.0 Å². The minimum absolute atomic E-state index is 0.249. The number of anilines is 1. The number of sulfonamides is 1. The van der Waals surface area contributed by atoms with Crippen molar-refractivity contribution in [3.63, 3.8) is 0 Å². The number of fused-ring (bicyclic) bond motifs is 1. The molecule has 31 heavy (non-hydrogen) atoms. The molecule has 0 unspecified atom stereocenters. The van der Waals surface area contributed by atoms with Crippen LogP contribution in [0.2, 0.25) is 0 Å². The van der Waals surface area contributed by atoms with Crippen molar-refractivity contribution in [3.05, 3.63) is 67.1 Å². The van der Waals surface area contributed by atoms with Crippen molar-refractivity contribution in [2.45, 2.75) is 11.8 Å². The van der Waals surface area contributed by atoms with E-state index in [9.17, 15) is 8.42 Å². The minimum Gasteiger partial charge on any atom is -0.354 e. The van der Waals surface area contributed by atoms with E-state index in [0.717, 1.165) is 22.8 Å². The summed E-state index contributed by atoms with van der Waals surface area (Å²) in [5, 5.41) is 0.811. The van der Waals surface area contributed by atoms with Crippen LogP contribution in [0.15, 0.2) is 66.2 Å². The van der Waals surface area contributed by atoms with Gasteiger partial charge in [0.2, 0.25) is 10.0 Å². The summed E-state index contributed by atoms with van der Waals surface area (Å²) < 4.78 is 30.1. The molecule has 5 rings (SSSR count). The van der Waals surface area contributed by atoms with Crippen molar-refractivity contribution in [2.75, 3.05) is 31.1 Å². The molecule has 0 spiro atoms. The first-order valence-corrected chi connectivity index (χ1v) is 11.4. The second kappa shape index (κ2) is 7.71. The molecule has 1 aromatic carbocycles. The quantitative estimate of drug-likeness (QED) is 0.484. The van der Waals surface area contributed by atoms with Gasteiger partial charge in [0.25, 0.3) is 0 Å². The van der Waals surface area contributed by atoms with Gasteiger partial charge in [-0.15, -0.1) is 0 Å². The summed E-state index contributed by atoms with van der Waals surface area (Å²) in [4.78, 5) is 19.6. The molecular formula is C21H21N7O2S. The molecule has 0 bridgehead atoms. The van der Waals surface area contributed by atoms with E-state index < -0.39 is 10.0 Å². The summed E-state index contributed by atoms with van der Waals surface area (Å²) >= 11 is 0. The lowest BCUT2D eigenvalue weighted by atomic mass is 10.2. The van der Waals surface area contributed by atoms with Crippen molar-refractivity contribution in [2.24, 2.45) is 0 Å². The van der Waals surface area contributed by atoms with Gasteiger partial charge in [-0.25, -0.2) is 23.4 Å². The number of aryl methyl sites for hydroxylation is 1. The van der Waals surface area contributed by atoms with Crippen LogP contribution < -0.4 is 4.90 Å². The number of pyridine rings is 1. The highest BCUT2D eigenvalue weighted by Crippen LogP contribution is 2.26. The van der Waals surface area contributed by atoms with Crippen LogP contribution in [0.5, 0.6) is 0 Å². The van der Waals surface area contributed by atoms with Gasteiger partial charge in [-0.1, -0.05) is 18.2 Å². The van der Waals surface area contributed by atoms with Gasteiger partial charge in [0.1, 0.15) is 28.7 Å². The summed E-state index contributed by atoms with van der Waals surface area (Å²) in [5.74, 6) is 2.34. The van der Waals surface area contributed by atoms with Gasteiger partial charge in [0, 0.05) is 56.2 Å². The summed E-state index contributed by atoms with van der Waals surface area (Å²) in [6, 6.07) is 10.8. The molecule has 1 saturated heterocycles. The first-order chi connectivity index (χ1) is 15.0. The third-order valence-electron chi connectivity index (χ3n) is 5.49. The van der Waals surface area contributed by atoms with Crippen LogP contribution in [0.25, 0.3) is 16.7 Å². The van der Waals surface area contributed by atoms with E-state index in [2.05, 4.69) is 24.8 Å². The Balaban J connectivity index is 1.36. The Bertz CT molecular complexity index is 1340. The smallest absolute Gasteiger partial charge is 0.245 e. The normalized spacial score (nSPS) is 15.5. The number of hydrogen-bond acceptors (Lipinski definition) is 7. The van der Waals surface area contributed by atoms with E-state index in [0.29, 0.717) is 31.7 Å². The number of piperazine rings is 1. The maximum Gasteiger partial charge on any atom is 0.245 e. The first kappa shape index (κ1) is 19.6. The lowest BCUT2D eigenvalue weighted by Crippen LogP contribution is -2.49. The van der Waals surface area contributed by atoms with Crippen LogP contribution in [-0.4, -0.2) is 63.4 Å². The lowest BCUT2D eigenvalue weighted by molar-refractivity contribution is 0.384. The first-order valence-electron chi connectivity index (χ1n) is 9.95. The maximum atomic E-state index is 13.3. The molecule has 3 aromatic heterocycles. The molecule has 9 nitrogen and oxygen atoms in total. The van der Waals surface area contributed by atoms with Crippen molar-refractivity contribution < 1.29 is 8.42 Å². The zero-order valence-electron chi connectivity index (χ0n) is 17.0. The van der Waals surface area contributed by atoms with Gasteiger partial charge in [0.15, 0.2) is 0 Å². The third kappa shape index (κ3) is 3.53. The largest absolute Gasteiger partial charge is 0.354 e. The average Bonchev–Trinajstić information content (AvgIpc) is 3.24. The van der Waals surface area contributed by atoms with E-state index in [-0.39, 0.29) is 4.90 Å². The molecule has 158 valence electrons. The second-order valence-electron chi connectivity index (χ2n) is 7.30. The van der Waals surface area contributed by atoms with Crippen molar-refractivity contribution in [1.29, 1.82) is 0 Å². The highest BCUT2D eigenvalue weighted by molar-refractivity contribution is 7.89. The molecule has 10 heteroatoms. The second-order valence-corrected chi connectivity index (χ2v) is 9.21. The van der Waals surface area contributed by atoms with E-state index >= 15 is 0 Å². The van der Waals surface area contributed by atoms with Crippen molar-refractivity contribution in [3.8, 4) is 5.82 Å². The number of rotatable bonds is 4. The number of para-hydroxylation sites is 1. The molecule has 4 aromatic rings. The average molecular weight is 436 g/mol. The van der Waals surface area contributed by atoms with Gasteiger partial charge < -0.3 is 4.90 Å². The summed E-state index contributed by atoms with van der Waals surface area (Å²) in [6.07, 6.45) is 6.72. The molecule has 1 fully saturated rings. The molecule has 0 atom stereocenters. The Kier molecular flexibility index (Phi) is 4.87. The Morgan fingerprint density at radius 1 is 0.871 bits per heavy atom. The maximum absolute atomic E-state index is 13.3. The van der Waals surface area contributed by atoms with Crippen LogP contribution >= 0.6 is 0 Å². The molecular weight excluding hydrogens is 414 g/mol. The zero-order valence-corrected chi connectivity index (χ0v) is 17.8. The van der Waals surface area contributed by atoms with Crippen LogP contribution in [0.4, 0.5) is 5.82 Å². The lowest BCUT2D eigenvalue weighted by Gasteiger charge is -2.34.